The molecule has 27 heavy (non-hydrogen) atoms. The van der Waals surface area contributed by atoms with Crippen molar-refractivity contribution in [3.05, 3.63) is 35.9 Å². The topological polar surface area (TPSA) is 78.7 Å². The van der Waals surface area contributed by atoms with Crippen molar-refractivity contribution in [3.63, 3.8) is 0 Å². The molecule has 0 saturated carbocycles. The highest BCUT2D eigenvalue weighted by Gasteiger charge is 2.30. The Labute approximate surface area is 162 Å². The molecule has 2 saturated heterocycles. The molecule has 1 unspecified atom stereocenters. The number of nitrogens with one attached hydrogen (secondary N) is 1. The van der Waals surface area contributed by atoms with Crippen molar-refractivity contribution in [2.75, 3.05) is 26.2 Å². The maximum absolute atomic E-state index is 12.6. The van der Waals surface area contributed by atoms with Crippen molar-refractivity contribution in [3.8, 4) is 0 Å². The molecule has 0 aliphatic carbocycles. The van der Waals surface area contributed by atoms with Gasteiger partial charge in [-0.3, -0.25) is 19.4 Å². The second-order valence-corrected chi connectivity index (χ2v) is 7.93. The first kappa shape index (κ1) is 19.8. The lowest BCUT2D eigenvalue weighted by atomic mass is 9.95. The Morgan fingerprint density at radius 1 is 1.07 bits per heavy atom. The second kappa shape index (κ2) is 9.33. The SMILES string of the molecule is CC(C(=O)NC1CCN(Cc2ccccc2)CC1)N1CCC(C(N)=O)CC1. The molecule has 148 valence electrons. The molecule has 1 aromatic carbocycles. The van der Waals surface area contributed by atoms with E-state index in [9.17, 15) is 9.59 Å². The predicted octanol–water partition coefficient (Wildman–Crippen LogP) is 1.35. The molecule has 0 aromatic heterocycles. The summed E-state index contributed by atoms with van der Waals surface area (Å²) in [6, 6.07) is 10.6. The van der Waals surface area contributed by atoms with Crippen LogP contribution in [0, 0.1) is 5.92 Å². The molecule has 0 bridgehead atoms. The van der Waals surface area contributed by atoms with Crippen LogP contribution in [-0.2, 0) is 16.1 Å². The lowest BCUT2D eigenvalue weighted by Gasteiger charge is -2.36. The molecule has 6 heteroatoms. The van der Waals surface area contributed by atoms with Gasteiger partial charge < -0.3 is 11.1 Å². The quantitative estimate of drug-likeness (QED) is 0.790. The lowest BCUT2D eigenvalue weighted by Crippen LogP contribution is -2.53. The third-order valence-corrected chi connectivity index (χ3v) is 6.04. The van der Waals surface area contributed by atoms with Gasteiger partial charge in [0, 0.05) is 31.6 Å². The van der Waals surface area contributed by atoms with Gasteiger partial charge in [-0.2, -0.15) is 0 Å². The molecule has 0 radical (unpaired) electrons. The number of nitrogens with zero attached hydrogens (tertiary/aromatic N) is 2. The molecule has 0 spiro atoms. The van der Waals surface area contributed by atoms with E-state index < -0.39 is 0 Å². The molecular weight excluding hydrogens is 340 g/mol. The van der Waals surface area contributed by atoms with Crippen LogP contribution in [-0.4, -0.2) is 59.9 Å². The fourth-order valence-electron chi connectivity index (χ4n) is 4.14. The Bertz CT molecular complexity index is 620. The van der Waals surface area contributed by atoms with E-state index >= 15 is 0 Å². The Kier molecular flexibility index (Phi) is 6.85. The van der Waals surface area contributed by atoms with Crippen molar-refractivity contribution >= 4 is 11.8 Å². The van der Waals surface area contributed by atoms with Gasteiger partial charge in [0.15, 0.2) is 0 Å². The van der Waals surface area contributed by atoms with Gasteiger partial charge in [-0.1, -0.05) is 30.3 Å². The van der Waals surface area contributed by atoms with Crippen LogP contribution < -0.4 is 11.1 Å². The smallest absolute Gasteiger partial charge is 0.237 e. The fraction of sp³-hybridized carbons (Fsp3) is 0.619. The first-order valence-electron chi connectivity index (χ1n) is 10.1. The minimum Gasteiger partial charge on any atom is -0.369 e. The van der Waals surface area contributed by atoms with Crippen molar-refractivity contribution < 1.29 is 9.59 Å². The van der Waals surface area contributed by atoms with E-state index in [1.807, 2.05) is 13.0 Å². The van der Waals surface area contributed by atoms with Crippen LogP contribution in [0.4, 0.5) is 0 Å². The number of benzene rings is 1. The van der Waals surface area contributed by atoms with Crippen LogP contribution in [0.3, 0.4) is 0 Å². The summed E-state index contributed by atoms with van der Waals surface area (Å²) in [5, 5.41) is 3.24. The van der Waals surface area contributed by atoms with E-state index in [1.165, 1.54) is 5.56 Å². The summed E-state index contributed by atoms with van der Waals surface area (Å²) in [7, 11) is 0. The Balaban J connectivity index is 1.39. The number of primary amides is 1. The monoisotopic (exact) mass is 372 g/mol. The van der Waals surface area contributed by atoms with E-state index in [1.54, 1.807) is 0 Å². The maximum Gasteiger partial charge on any atom is 0.237 e. The summed E-state index contributed by atoms with van der Waals surface area (Å²) in [5.74, 6) is -0.145. The van der Waals surface area contributed by atoms with E-state index in [2.05, 4.69) is 39.4 Å². The minimum atomic E-state index is -0.214. The third-order valence-electron chi connectivity index (χ3n) is 6.04. The van der Waals surface area contributed by atoms with Crippen molar-refractivity contribution in [2.24, 2.45) is 11.7 Å². The highest BCUT2D eigenvalue weighted by molar-refractivity contribution is 5.81. The van der Waals surface area contributed by atoms with E-state index in [0.29, 0.717) is 0 Å². The number of hydrogen-bond acceptors (Lipinski definition) is 4. The van der Waals surface area contributed by atoms with Gasteiger partial charge in [0.1, 0.15) is 0 Å². The molecule has 2 heterocycles. The molecule has 1 atom stereocenters. The fourth-order valence-corrected chi connectivity index (χ4v) is 4.14. The van der Waals surface area contributed by atoms with E-state index in [-0.39, 0.29) is 29.8 Å². The van der Waals surface area contributed by atoms with Crippen LogP contribution in [0.1, 0.15) is 38.2 Å². The average molecular weight is 373 g/mol. The summed E-state index contributed by atoms with van der Waals surface area (Å²) in [6.07, 6.45) is 3.50. The molecule has 2 fully saturated rings. The van der Waals surface area contributed by atoms with Gasteiger partial charge in [-0.25, -0.2) is 0 Å². The van der Waals surface area contributed by atoms with Crippen LogP contribution in [0.5, 0.6) is 0 Å². The zero-order valence-corrected chi connectivity index (χ0v) is 16.3. The van der Waals surface area contributed by atoms with Crippen LogP contribution in [0.15, 0.2) is 30.3 Å². The number of piperidine rings is 2. The molecule has 2 aliphatic rings. The van der Waals surface area contributed by atoms with Gasteiger partial charge in [-0.05, 0) is 51.3 Å². The zero-order valence-electron chi connectivity index (χ0n) is 16.3. The molecule has 2 aliphatic heterocycles. The summed E-state index contributed by atoms with van der Waals surface area (Å²) in [6.45, 7) is 6.49. The predicted molar refractivity (Wildman–Crippen MR) is 106 cm³/mol. The number of carbonyl (C=O) groups is 2. The van der Waals surface area contributed by atoms with Gasteiger partial charge in [0.25, 0.3) is 0 Å². The van der Waals surface area contributed by atoms with Crippen molar-refractivity contribution in [2.45, 2.75) is 51.2 Å². The van der Waals surface area contributed by atoms with Crippen LogP contribution in [0.25, 0.3) is 0 Å². The summed E-state index contributed by atoms with van der Waals surface area (Å²) in [5.41, 5.74) is 6.73. The van der Waals surface area contributed by atoms with E-state index in [0.717, 1.165) is 58.4 Å². The van der Waals surface area contributed by atoms with Gasteiger partial charge >= 0.3 is 0 Å². The molecule has 1 aromatic rings. The van der Waals surface area contributed by atoms with Gasteiger partial charge in [0.05, 0.1) is 6.04 Å². The van der Waals surface area contributed by atoms with Crippen LogP contribution in [0.2, 0.25) is 0 Å². The molecule has 3 rings (SSSR count). The van der Waals surface area contributed by atoms with Crippen LogP contribution >= 0.6 is 0 Å². The van der Waals surface area contributed by atoms with Gasteiger partial charge in [-0.15, -0.1) is 0 Å². The van der Waals surface area contributed by atoms with Crippen molar-refractivity contribution in [1.29, 1.82) is 0 Å². The Morgan fingerprint density at radius 2 is 1.70 bits per heavy atom. The number of amides is 2. The standard InChI is InChI=1S/C21H32N4O2/c1-16(25-13-7-18(8-14-25)20(22)26)21(27)23-19-9-11-24(12-10-19)15-17-5-3-2-4-6-17/h2-6,16,18-19H,7-15H2,1H3,(H2,22,26)(H,23,27). The Hall–Kier alpha value is -1.92. The number of rotatable bonds is 6. The number of likely N-dealkylation sites (tertiary alicyclic amines) is 2. The molecular formula is C21H32N4O2. The third kappa shape index (κ3) is 5.53. The first-order chi connectivity index (χ1) is 13.0. The molecule has 3 N–H and O–H groups in total. The lowest BCUT2D eigenvalue weighted by molar-refractivity contribution is -0.128. The summed E-state index contributed by atoms with van der Waals surface area (Å²) < 4.78 is 0. The highest BCUT2D eigenvalue weighted by atomic mass is 16.2. The van der Waals surface area contributed by atoms with E-state index in [4.69, 9.17) is 5.73 Å². The largest absolute Gasteiger partial charge is 0.369 e. The van der Waals surface area contributed by atoms with Crippen molar-refractivity contribution in [1.82, 2.24) is 15.1 Å². The Morgan fingerprint density at radius 3 is 2.30 bits per heavy atom. The number of nitrogens with two attached hydrogens (primary N) is 1. The second-order valence-electron chi connectivity index (χ2n) is 7.93. The minimum absolute atomic E-state index is 0.0366. The van der Waals surface area contributed by atoms with Gasteiger partial charge in [0.2, 0.25) is 11.8 Å². The zero-order chi connectivity index (χ0) is 19.2. The average Bonchev–Trinajstić information content (AvgIpc) is 2.69. The number of carbonyl (C=O) groups excluding carboxylic acids is 2. The first-order valence-corrected chi connectivity index (χ1v) is 10.1. The molecule has 2 amide bonds. The summed E-state index contributed by atoms with van der Waals surface area (Å²) in [4.78, 5) is 28.6. The maximum atomic E-state index is 12.6. The normalized spacial score (nSPS) is 21.7. The molecule has 6 nitrogen and oxygen atoms in total. The summed E-state index contributed by atoms with van der Waals surface area (Å²) >= 11 is 0. The highest BCUT2D eigenvalue weighted by Crippen LogP contribution is 2.19. The number of hydrogen-bond donors (Lipinski definition) is 2.